The standard InChI is InChI=1S/C17H21N5O2S/c1-11(16(23)18-9-6-10-24-3)25-17-20-14-8-5-4-7-13(14)15-19-12(2)21-22(15)17/h4-5,7-8,11H,6,9-10H2,1-3H3,(H,18,23). The molecule has 0 saturated heterocycles. The zero-order chi connectivity index (χ0) is 17.8. The molecule has 1 aromatic carbocycles. The second-order valence-electron chi connectivity index (χ2n) is 5.70. The maximum Gasteiger partial charge on any atom is 0.233 e. The number of hydrogen-bond acceptors (Lipinski definition) is 6. The Kier molecular flexibility index (Phi) is 5.50. The van der Waals surface area contributed by atoms with E-state index in [1.165, 1.54) is 11.8 Å². The van der Waals surface area contributed by atoms with Crippen LogP contribution in [0.5, 0.6) is 0 Å². The number of nitrogens with zero attached hydrogens (tertiary/aromatic N) is 4. The van der Waals surface area contributed by atoms with Crippen LogP contribution in [0, 0.1) is 6.92 Å². The summed E-state index contributed by atoms with van der Waals surface area (Å²) < 4.78 is 6.71. The van der Waals surface area contributed by atoms with Gasteiger partial charge >= 0.3 is 0 Å². The topological polar surface area (TPSA) is 81.4 Å². The van der Waals surface area contributed by atoms with E-state index in [1.807, 2.05) is 38.1 Å². The number of carbonyl (C=O) groups excluding carboxylic acids is 1. The zero-order valence-electron chi connectivity index (χ0n) is 14.5. The van der Waals surface area contributed by atoms with E-state index in [0.717, 1.165) is 23.0 Å². The fourth-order valence-electron chi connectivity index (χ4n) is 2.49. The van der Waals surface area contributed by atoms with Gasteiger partial charge in [-0.2, -0.15) is 4.52 Å². The molecule has 3 rings (SSSR count). The van der Waals surface area contributed by atoms with Gasteiger partial charge in [0.25, 0.3) is 0 Å². The summed E-state index contributed by atoms with van der Waals surface area (Å²) in [6.45, 7) is 4.94. The Morgan fingerprint density at radius 3 is 2.96 bits per heavy atom. The van der Waals surface area contributed by atoms with Gasteiger partial charge in [0.1, 0.15) is 5.82 Å². The molecule has 0 aliphatic heterocycles. The van der Waals surface area contributed by atoms with Crippen LogP contribution in [0.2, 0.25) is 0 Å². The van der Waals surface area contributed by atoms with E-state index >= 15 is 0 Å². The van der Waals surface area contributed by atoms with Gasteiger partial charge in [0.2, 0.25) is 5.91 Å². The average molecular weight is 359 g/mol. The number of methoxy groups -OCH3 is 1. The van der Waals surface area contributed by atoms with Crippen LogP contribution in [0.3, 0.4) is 0 Å². The van der Waals surface area contributed by atoms with Gasteiger partial charge in [-0.05, 0) is 32.4 Å². The van der Waals surface area contributed by atoms with Crippen LogP contribution in [-0.4, -0.2) is 51.0 Å². The van der Waals surface area contributed by atoms with Gasteiger partial charge in [-0.3, -0.25) is 4.79 Å². The van der Waals surface area contributed by atoms with Crippen LogP contribution >= 0.6 is 11.8 Å². The Morgan fingerprint density at radius 2 is 2.16 bits per heavy atom. The smallest absolute Gasteiger partial charge is 0.233 e. The number of aromatic nitrogens is 4. The number of ether oxygens (including phenoxy) is 1. The summed E-state index contributed by atoms with van der Waals surface area (Å²) in [5.74, 6) is 0.651. The van der Waals surface area contributed by atoms with E-state index in [9.17, 15) is 4.79 Å². The molecule has 7 nitrogen and oxygen atoms in total. The van der Waals surface area contributed by atoms with Gasteiger partial charge in [-0.15, -0.1) is 5.10 Å². The third kappa shape index (κ3) is 3.91. The van der Waals surface area contributed by atoms with Crippen LogP contribution in [0.1, 0.15) is 19.2 Å². The Balaban J connectivity index is 1.83. The molecule has 1 amide bonds. The molecule has 0 bridgehead atoms. The van der Waals surface area contributed by atoms with Crippen LogP contribution in [0.15, 0.2) is 29.4 Å². The molecule has 132 valence electrons. The number of fused-ring (bicyclic) bond motifs is 3. The Hall–Kier alpha value is -2.19. The number of nitrogens with one attached hydrogen (secondary N) is 1. The summed E-state index contributed by atoms with van der Waals surface area (Å²) in [6.07, 6.45) is 0.792. The number of rotatable bonds is 7. The number of aryl methyl sites for hydroxylation is 1. The van der Waals surface area contributed by atoms with Gasteiger partial charge in [-0.1, -0.05) is 23.9 Å². The normalized spacial score (nSPS) is 12.6. The van der Waals surface area contributed by atoms with Crippen molar-refractivity contribution in [2.45, 2.75) is 30.7 Å². The fraction of sp³-hybridized carbons (Fsp3) is 0.412. The molecule has 0 aliphatic carbocycles. The van der Waals surface area contributed by atoms with Crippen LogP contribution in [0.25, 0.3) is 16.6 Å². The molecular formula is C17H21N5O2S. The number of benzene rings is 1. The maximum atomic E-state index is 12.3. The van der Waals surface area contributed by atoms with Gasteiger partial charge < -0.3 is 10.1 Å². The first-order chi connectivity index (χ1) is 12.1. The Morgan fingerprint density at radius 1 is 1.36 bits per heavy atom. The van der Waals surface area contributed by atoms with Crippen molar-refractivity contribution in [3.8, 4) is 0 Å². The molecule has 3 aromatic rings. The van der Waals surface area contributed by atoms with Crippen LogP contribution in [0.4, 0.5) is 0 Å². The van der Waals surface area contributed by atoms with Crippen molar-refractivity contribution in [3.63, 3.8) is 0 Å². The summed E-state index contributed by atoms with van der Waals surface area (Å²) in [6, 6.07) is 7.82. The van der Waals surface area contributed by atoms with E-state index in [0.29, 0.717) is 24.1 Å². The minimum Gasteiger partial charge on any atom is -0.385 e. The number of carbonyl (C=O) groups is 1. The fourth-order valence-corrected chi connectivity index (χ4v) is 3.38. The molecule has 1 N–H and O–H groups in total. The first-order valence-electron chi connectivity index (χ1n) is 8.15. The highest BCUT2D eigenvalue weighted by Crippen LogP contribution is 2.26. The lowest BCUT2D eigenvalue weighted by Crippen LogP contribution is -2.32. The molecule has 25 heavy (non-hydrogen) atoms. The first kappa shape index (κ1) is 17.6. The molecule has 2 aromatic heterocycles. The Bertz CT molecular complexity index is 895. The van der Waals surface area contributed by atoms with Crippen molar-refractivity contribution >= 4 is 34.2 Å². The second kappa shape index (κ2) is 7.79. The molecule has 2 heterocycles. The average Bonchev–Trinajstić information content (AvgIpc) is 3.00. The monoisotopic (exact) mass is 359 g/mol. The zero-order valence-corrected chi connectivity index (χ0v) is 15.3. The molecule has 8 heteroatoms. The van der Waals surface area contributed by atoms with E-state index < -0.39 is 0 Å². The second-order valence-corrected chi connectivity index (χ2v) is 7.01. The van der Waals surface area contributed by atoms with Crippen molar-refractivity contribution in [3.05, 3.63) is 30.1 Å². The summed E-state index contributed by atoms with van der Waals surface area (Å²) in [7, 11) is 1.65. The highest BCUT2D eigenvalue weighted by molar-refractivity contribution is 8.00. The summed E-state index contributed by atoms with van der Waals surface area (Å²) >= 11 is 1.38. The maximum absolute atomic E-state index is 12.3. The summed E-state index contributed by atoms with van der Waals surface area (Å²) in [4.78, 5) is 21.5. The van der Waals surface area contributed by atoms with Gasteiger partial charge in [0.05, 0.1) is 10.8 Å². The molecular weight excluding hydrogens is 338 g/mol. The van der Waals surface area contributed by atoms with E-state index in [4.69, 9.17) is 4.74 Å². The van der Waals surface area contributed by atoms with Gasteiger partial charge in [0, 0.05) is 25.6 Å². The number of para-hydroxylation sites is 1. The first-order valence-corrected chi connectivity index (χ1v) is 9.03. The molecule has 0 spiro atoms. The highest BCUT2D eigenvalue weighted by Gasteiger charge is 2.19. The van der Waals surface area contributed by atoms with Gasteiger partial charge in [-0.25, -0.2) is 9.97 Å². The largest absolute Gasteiger partial charge is 0.385 e. The quantitative estimate of drug-likeness (QED) is 0.396. The lowest BCUT2D eigenvalue weighted by molar-refractivity contribution is -0.120. The number of amides is 1. The lowest BCUT2D eigenvalue weighted by atomic mass is 10.2. The minimum atomic E-state index is -0.288. The van der Waals surface area contributed by atoms with Crippen molar-refractivity contribution in [2.24, 2.45) is 0 Å². The van der Waals surface area contributed by atoms with Gasteiger partial charge in [0.15, 0.2) is 10.8 Å². The molecule has 1 atom stereocenters. The van der Waals surface area contributed by atoms with Crippen LogP contribution < -0.4 is 5.32 Å². The van der Waals surface area contributed by atoms with Crippen molar-refractivity contribution < 1.29 is 9.53 Å². The SMILES string of the molecule is COCCCNC(=O)C(C)Sc1nc2ccccc2c2nc(C)nn12. The van der Waals surface area contributed by atoms with Crippen molar-refractivity contribution in [2.75, 3.05) is 20.3 Å². The number of hydrogen-bond donors (Lipinski definition) is 1. The molecule has 1 unspecified atom stereocenters. The van der Waals surface area contributed by atoms with E-state index in [1.54, 1.807) is 11.6 Å². The highest BCUT2D eigenvalue weighted by atomic mass is 32.2. The Labute approximate surface area is 150 Å². The third-order valence-corrected chi connectivity index (χ3v) is 4.77. The summed E-state index contributed by atoms with van der Waals surface area (Å²) in [5.41, 5.74) is 1.61. The lowest BCUT2D eigenvalue weighted by Gasteiger charge is -2.12. The third-order valence-electron chi connectivity index (χ3n) is 3.73. The molecule has 0 saturated carbocycles. The molecule has 0 aliphatic rings. The predicted octanol–water partition coefficient (Wildman–Crippen LogP) is 2.22. The molecule has 0 fully saturated rings. The summed E-state index contributed by atoms with van der Waals surface area (Å²) in [5, 5.41) is 8.67. The number of thioether (sulfide) groups is 1. The van der Waals surface area contributed by atoms with E-state index in [-0.39, 0.29) is 11.2 Å². The van der Waals surface area contributed by atoms with Crippen molar-refractivity contribution in [1.82, 2.24) is 24.9 Å². The predicted molar refractivity (Wildman–Crippen MR) is 97.8 cm³/mol. The van der Waals surface area contributed by atoms with Crippen LogP contribution in [-0.2, 0) is 9.53 Å². The minimum absolute atomic E-state index is 0.0268. The van der Waals surface area contributed by atoms with E-state index in [2.05, 4.69) is 20.4 Å². The molecule has 0 radical (unpaired) electrons. The van der Waals surface area contributed by atoms with Crippen molar-refractivity contribution in [1.29, 1.82) is 0 Å².